The maximum Gasteiger partial charge on any atom is 0.330 e. The van der Waals surface area contributed by atoms with Gasteiger partial charge in [-0.1, -0.05) is 12.2 Å². The number of rotatable bonds is 2. The lowest BCUT2D eigenvalue weighted by molar-refractivity contribution is -0.146. The summed E-state index contributed by atoms with van der Waals surface area (Å²) >= 11 is 0. The van der Waals surface area contributed by atoms with Crippen molar-refractivity contribution in [2.45, 2.75) is 50.0 Å². The van der Waals surface area contributed by atoms with E-state index in [0.29, 0.717) is 24.8 Å². The van der Waals surface area contributed by atoms with Gasteiger partial charge in [0.25, 0.3) is 5.56 Å². The molecular formula is C15H18N2O4. The van der Waals surface area contributed by atoms with Crippen LogP contribution in [0.15, 0.2) is 27.9 Å². The molecule has 3 atom stereocenters. The first-order chi connectivity index (χ1) is 9.95. The Morgan fingerprint density at radius 2 is 2.10 bits per heavy atom. The number of H-pyrrole nitrogens is 1. The fourth-order valence-electron chi connectivity index (χ4n) is 3.89. The van der Waals surface area contributed by atoms with Gasteiger partial charge in [-0.15, -0.1) is 0 Å². The molecule has 6 nitrogen and oxygen atoms in total. The Balaban J connectivity index is 1.65. The normalized spacial score (nSPS) is 35.9. The van der Waals surface area contributed by atoms with Gasteiger partial charge in [-0.2, -0.15) is 0 Å². The zero-order valence-electron chi connectivity index (χ0n) is 11.8. The summed E-state index contributed by atoms with van der Waals surface area (Å²) < 4.78 is 7.56. The van der Waals surface area contributed by atoms with Gasteiger partial charge < -0.3 is 9.84 Å². The van der Waals surface area contributed by atoms with Gasteiger partial charge in [-0.3, -0.25) is 14.3 Å². The topological polar surface area (TPSA) is 84.3 Å². The molecule has 2 heterocycles. The standard InChI is InChI=1S/C15H18N2O4/c1-9-8-17(13(19)16-12(9)18)11-6-10-7-15(10,21-11)14(20)4-2-3-5-14/h2-3,8,10-11,20H,4-7H2,1H3,(H,16,18,19)/t10?,11-,15-/m1/s1. The monoisotopic (exact) mass is 290 g/mol. The van der Waals surface area contributed by atoms with Gasteiger partial charge in [-0.05, 0) is 38.5 Å². The van der Waals surface area contributed by atoms with E-state index in [2.05, 4.69) is 4.98 Å². The molecular weight excluding hydrogens is 272 g/mol. The first-order valence-electron chi connectivity index (χ1n) is 7.32. The number of aliphatic hydroxyl groups is 1. The molecule has 1 saturated heterocycles. The highest BCUT2D eigenvalue weighted by molar-refractivity contribution is 5.25. The van der Waals surface area contributed by atoms with Crippen molar-refractivity contribution in [3.8, 4) is 0 Å². The summed E-state index contributed by atoms with van der Waals surface area (Å²) in [4.78, 5) is 25.7. The van der Waals surface area contributed by atoms with Crippen LogP contribution in [0.25, 0.3) is 0 Å². The van der Waals surface area contributed by atoms with Crippen LogP contribution in [0.4, 0.5) is 0 Å². The van der Waals surface area contributed by atoms with Crippen LogP contribution in [0.3, 0.4) is 0 Å². The van der Waals surface area contributed by atoms with Gasteiger partial charge >= 0.3 is 5.69 Å². The van der Waals surface area contributed by atoms with Crippen molar-refractivity contribution < 1.29 is 9.84 Å². The first kappa shape index (κ1) is 13.0. The fourth-order valence-corrected chi connectivity index (χ4v) is 3.89. The van der Waals surface area contributed by atoms with Crippen LogP contribution < -0.4 is 11.2 Å². The van der Waals surface area contributed by atoms with E-state index < -0.39 is 23.1 Å². The maximum atomic E-state index is 12.0. The first-order valence-corrected chi connectivity index (χ1v) is 7.32. The molecule has 1 saturated carbocycles. The number of nitrogens with one attached hydrogen (secondary N) is 1. The van der Waals surface area contributed by atoms with Crippen LogP contribution in [0.5, 0.6) is 0 Å². The second kappa shape index (κ2) is 3.96. The Morgan fingerprint density at radius 3 is 2.81 bits per heavy atom. The highest BCUT2D eigenvalue weighted by atomic mass is 16.6. The SMILES string of the molecule is Cc1cn([C@H]2CC3C[C@@]3(C3(O)CC=CC3)O2)c(=O)[nH]c1=O. The molecule has 0 spiro atoms. The second-order valence-corrected chi connectivity index (χ2v) is 6.49. The van der Waals surface area contributed by atoms with E-state index in [1.807, 2.05) is 12.2 Å². The highest BCUT2D eigenvalue weighted by Gasteiger charge is 2.72. The summed E-state index contributed by atoms with van der Waals surface area (Å²) in [7, 11) is 0. The Morgan fingerprint density at radius 1 is 1.38 bits per heavy atom. The van der Waals surface area contributed by atoms with E-state index in [9.17, 15) is 14.7 Å². The number of fused-ring (bicyclic) bond motifs is 1. The minimum absolute atomic E-state index is 0.284. The smallest absolute Gasteiger partial charge is 0.330 e. The van der Waals surface area contributed by atoms with Crippen molar-refractivity contribution in [3.63, 3.8) is 0 Å². The van der Waals surface area contributed by atoms with Crippen molar-refractivity contribution in [1.82, 2.24) is 9.55 Å². The molecule has 2 N–H and O–H groups in total. The van der Waals surface area contributed by atoms with Crippen molar-refractivity contribution in [3.05, 3.63) is 44.8 Å². The Hall–Kier alpha value is -1.66. The third-order valence-corrected chi connectivity index (χ3v) is 5.20. The second-order valence-electron chi connectivity index (χ2n) is 6.49. The van der Waals surface area contributed by atoms with Crippen LogP contribution in [0.1, 0.15) is 37.5 Å². The molecule has 112 valence electrons. The van der Waals surface area contributed by atoms with Crippen molar-refractivity contribution in [1.29, 1.82) is 0 Å². The van der Waals surface area contributed by atoms with Gasteiger partial charge in [0.1, 0.15) is 17.4 Å². The molecule has 0 radical (unpaired) electrons. The van der Waals surface area contributed by atoms with Crippen molar-refractivity contribution in [2.75, 3.05) is 0 Å². The molecule has 2 aliphatic carbocycles. The van der Waals surface area contributed by atoms with E-state index in [0.717, 1.165) is 6.42 Å². The van der Waals surface area contributed by atoms with Crippen LogP contribution in [-0.4, -0.2) is 25.9 Å². The molecule has 0 amide bonds. The maximum absolute atomic E-state index is 12.0. The average Bonchev–Trinajstić information content (AvgIpc) is 2.82. The van der Waals surface area contributed by atoms with E-state index in [1.54, 1.807) is 13.1 Å². The van der Waals surface area contributed by atoms with Gasteiger partial charge in [0.2, 0.25) is 0 Å². The molecule has 1 aromatic rings. The Bertz CT molecular complexity index is 739. The zero-order valence-corrected chi connectivity index (χ0v) is 11.8. The van der Waals surface area contributed by atoms with Crippen molar-refractivity contribution >= 4 is 0 Å². The van der Waals surface area contributed by atoms with Gasteiger partial charge in [0, 0.05) is 11.8 Å². The minimum Gasteiger partial charge on any atom is -0.386 e. The number of aromatic nitrogens is 2. The molecule has 1 aliphatic heterocycles. The third kappa shape index (κ3) is 1.66. The van der Waals surface area contributed by atoms with Gasteiger partial charge in [0.05, 0.1) is 0 Å². The van der Waals surface area contributed by atoms with Crippen molar-refractivity contribution in [2.24, 2.45) is 5.92 Å². The summed E-state index contributed by atoms with van der Waals surface area (Å²) in [5.41, 5.74) is -1.71. The molecule has 1 unspecified atom stereocenters. The number of ether oxygens (including phenoxy) is 1. The predicted octanol–water partition coefficient (Wildman–Crippen LogP) is 0.604. The molecule has 0 aromatic carbocycles. The fraction of sp³-hybridized carbons (Fsp3) is 0.600. The third-order valence-electron chi connectivity index (χ3n) is 5.20. The van der Waals surface area contributed by atoms with Gasteiger partial charge in [0.15, 0.2) is 0 Å². The summed E-state index contributed by atoms with van der Waals surface area (Å²) in [5, 5.41) is 10.8. The van der Waals surface area contributed by atoms with E-state index in [4.69, 9.17) is 4.74 Å². The molecule has 0 bridgehead atoms. The van der Waals surface area contributed by atoms with Crippen LogP contribution >= 0.6 is 0 Å². The summed E-state index contributed by atoms with van der Waals surface area (Å²) in [6, 6.07) is 0. The van der Waals surface area contributed by atoms with Crippen LogP contribution in [0, 0.1) is 12.8 Å². The van der Waals surface area contributed by atoms with Crippen LogP contribution in [0.2, 0.25) is 0 Å². The number of aromatic amines is 1. The summed E-state index contributed by atoms with van der Waals surface area (Å²) in [6.07, 6.45) is 7.87. The molecule has 1 aromatic heterocycles. The molecule has 4 rings (SSSR count). The minimum atomic E-state index is -0.840. The van der Waals surface area contributed by atoms with Gasteiger partial charge in [-0.25, -0.2) is 4.79 Å². The average molecular weight is 290 g/mol. The highest BCUT2D eigenvalue weighted by Crippen LogP contribution is 2.66. The number of hydrogen-bond donors (Lipinski definition) is 2. The number of nitrogens with zero attached hydrogens (tertiary/aromatic N) is 1. The molecule has 6 heteroatoms. The lowest BCUT2D eigenvalue weighted by Crippen LogP contribution is -2.45. The van der Waals surface area contributed by atoms with Crippen LogP contribution in [-0.2, 0) is 4.74 Å². The molecule has 3 aliphatic rings. The lowest BCUT2D eigenvalue weighted by Gasteiger charge is -2.33. The Kier molecular flexibility index (Phi) is 2.45. The Labute approximate surface area is 121 Å². The summed E-state index contributed by atoms with van der Waals surface area (Å²) in [6.45, 7) is 1.66. The van der Waals surface area contributed by atoms with E-state index in [-0.39, 0.29) is 11.5 Å². The predicted molar refractivity (Wildman–Crippen MR) is 75.0 cm³/mol. The van der Waals surface area contributed by atoms with E-state index >= 15 is 0 Å². The number of aryl methyl sites for hydroxylation is 1. The quantitative estimate of drug-likeness (QED) is 0.781. The van der Waals surface area contributed by atoms with E-state index in [1.165, 1.54) is 4.57 Å². The summed E-state index contributed by atoms with van der Waals surface area (Å²) in [5.74, 6) is 0.284. The molecule has 21 heavy (non-hydrogen) atoms. The largest absolute Gasteiger partial charge is 0.386 e. The zero-order chi connectivity index (χ0) is 14.8. The molecule has 2 fully saturated rings. The lowest BCUT2D eigenvalue weighted by atomic mass is 9.90. The number of hydrogen-bond acceptors (Lipinski definition) is 4.